The Morgan fingerprint density at radius 3 is 1.09 bits per heavy atom. The Kier molecular flexibility index (Phi) is 13.6. The summed E-state index contributed by atoms with van der Waals surface area (Å²) in [6.07, 6.45) is 3.78. The molecule has 1 heterocycles. The topological polar surface area (TPSA) is 69.7 Å². The number of cyclic esters (lactones) is 1. The van der Waals surface area contributed by atoms with E-state index < -0.39 is 11.6 Å². The Bertz CT molecular complexity index is 2780. The van der Waals surface area contributed by atoms with Crippen molar-refractivity contribution >= 4 is 74.9 Å². The minimum absolute atomic E-state index is 0.0135. The number of carbonyl (C=O) groups excluding carboxylic acids is 1. The normalized spacial score (nSPS) is 14.6. The van der Waals surface area contributed by atoms with Crippen molar-refractivity contribution in [2.24, 2.45) is 0 Å². The molecule has 8 nitrogen and oxygen atoms in total. The van der Waals surface area contributed by atoms with Gasteiger partial charge in [0.2, 0.25) is 0 Å². The maximum Gasteiger partial charge on any atom is 0.341 e. The molecule has 0 aromatic heterocycles. The molecule has 0 amide bonds. The van der Waals surface area contributed by atoms with Crippen LogP contribution in [0.25, 0.3) is 11.1 Å². The van der Waals surface area contributed by atoms with Crippen LogP contribution in [-0.4, -0.2) is 48.4 Å². The monoisotopic (exact) mass is 956 g/mol. The number of benzene rings is 7. The van der Waals surface area contributed by atoms with E-state index in [0.717, 1.165) is 45.1 Å². The fourth-order valence-electron chi connectivity index (χ4n) is 7.63. The molecule has 12 heteroatoms. The number of hydrogen-bond donors (Lipinski definition) is 0. The van der Waals surface area contributed by atoms with Crippen molar-refractivity contribution in [3.8, 4) is 34.5 Å². The summed E-state index contributed by atoms with van der Waals surface area (Å²) in [5, 5.41) is -0.110. The van der Waals surface area contributed by atoms with E-state index in [9.17, 15) is 4.79 Å². The Morgan fingerprint density at radius 2 is 0.758 bits per heavy atom. The van der Waals surface area contributed by atoms with Crippen molar-refractivity contribution in [1.29, 1.82) is 0 Å². The Balaban J connectivity index is 1.35. The van der Waals surface area contributed by atoms with Gasteiger partial charge in [0, 0.05) is 45.1 Å². The molecule has 334 valence electrons. The molecule has 0 unspecified atom stereocenters. The molecule has 0 atom stereocenters. The van der Waals surface area contributed by atoms with Gasteiger partial charge in [-0.15, -0.1) is 0 Å². The predicted octanol–water partition coefficient (Wildman–Crippen LogP) is 14.7. The lowest BCUT2D eigenvalue weighted by atomic mass is 9.83. The number of anilines is 2. The van der Waals surface area contributed by atoms with Crippen LogP contribution in [0.3, 0.4) is 0 Å². The van der Waals surface area contributed by atoms with Crippen LogP contribution in [0.4, 0.5) is 11.4 Å². The van der Waals surface area contributed by atoms with Crippen LogP contribution in [0.1, 0.15) is 38.2 Å². The average molecular weight is 959 g/mol. The zero-order chi connectivity index (χ0) is 46.7. The molecule has 0 saturated heterocycles. The van der Waals surface area contributed by atoms with Crippen LogP contribution in [-0.2, 0) is 10.3 Å². The quantitative estimate of drug-likeness (QED) is 0.0607. The molecule has 0 spiro atoms. The van der Waals surface area contributed by atoms with Gasteiger partial charge in [0.1, 0.15) is 34.5 Å². The van der Waals surface area contributed by atoms with E-state index in [0.29, 0.717) is 34.1 Å². The van der Waals surface area contributed by atoms with Crippen molar-refractivity contribution < 1.29 is 28.5 Å². The number of esters is 1. The fourth-order valence-corrected chi connectivity index (χ4v) is 8.71. The summed E-state index contributed by atoms with van der Waals surface area (Å²) in [4.78, 5) is 18.4. The van der Waals surface area contributed by atoms with E-state index in [1.54, 1.807) is 14.2 Å². The van der Waals surface area contributed by atoms with Crippen LogP contribution in [0.2, 0.25) is 20.1 Å². The zero-order valence-corrected chi connectivity index (χ0v) is 39.9. The van der Waals surface area contributed by atoms with Crippen LogP contribution < -0.4 is 28.7 Å². The van der Waals surface area contributed by atoms with E-state index in [1.807, 2.05) is 196 Å². The lowest BCUT2D eigenvalue weighted by molar-refractivity contribution is 0.0300. The smallest absolute Gasteiger partial charge is 0.341 e. The van der Waals surface area contributed by atoms with Crippen LogP contribution in [0.15, 0.2) is 158 Å². The molecule has 0 fully saturated rings. The van der Waals surface area contributed by atoms with Gasteiger partial charge in [-0.3, -0.25) is 0 Å². The molecular formula is C54H44Cl4N2O6. The number of halogens is 4. The zero-order valence-electron chi connectivity index (χ0n) is 36.9. The van der Waals surface area contributed by atoms with Crippen molar-refractivity contribution in [3.05, 3.63) is 211 Å². The third-order valence-corrected chi connectivity index (χ3v) is 13.0. The second kappa shape index (κ2) is 19.5. The number of nitrogens with zero attached hydrogens (tertiary/aromatic N) is 2. The lowest BCUT2D eigenvalue weighted by Gasteiger charge is -2.27. The molecule has 1 aliphatic rings. The Morgan fingerprint density at radius 1 is 0.455 bits per heavy atom. The minimum Gasteiger partial charge on any atom is -0.497 e. The second-order valence-electron chi connectivity index (χ2n) is 15.8. The SMILES string of the molecule is COc1ccc(Oc2ccc(C(=CC3(C=C(c4ccc(Oc5ccc(OC)cc5)cc4)c4ccc(N(C)C)cc4)OC(=O)c4c(Cl)c(Cl)c(Cl)c(Cl)c43)c3ccc(N(C)C)cc3)cc2)cc1. The standard InChI is InChI=1S/C54H44Cl4N2O6/c1-59(2)37-15-7-33(8-16-37)45(35-11-19-41(20-12-35)64-43-27-23-39(62-5)24-28-43)31-54(48-47(53(61)66-54)49(55)51(57)52(58)50(48)56)32-46(34-9-17-38(18-10-34)60(3)4)36-13-21-42(22-14-36)65-44-29-25-40(63-6)26-30-44/h7-32H,1-6H3. The summed E-state index contributed by atoms with van der Waals surface area (Å²) in [7, 11) is 11.2. The van der Waals surface area contributed by atoms with Crippen molar-refractivity contribution in [2.45, 2.75) is 5.60 Å². The highest BCUT2D eigenvalue weighted by Crippen LogP contribution is 2.54. The van der Waals surface area contributed by atoms with Gasteiger partial charge >= 0.3 is 5.97 Å². The van der Waals surface area contributed by atoms with Gasteiger partial charge in [-0.1, -0.05) is 94.9 Å². The number of ether oxygens (including phenoxy) is 5. The lowest BCUT2D eigenvalue weighted by Crippen LogP contribution is -2.23. The molecule has 66 heavy (non-hydrogen) atoms. The first-order valence-corrected chi connectivity index (χ1v) is 22.2. The van der Waals surface area contributed by atoms with E-state index in [1.165, 1.54) is 0 Å². The van der Waals surface area contributed by atoms with E-state index >= 15 is 0 Å². The van der Waals surface area contributed by atoms with Crippen molar-refractivity contribution in [3.63, 3.8) is 0 Å². The van der Waals surface area contributed by atoms with Crippen molar-refractivity contribution in [1.82, 2.24) is 0 Å². The minimum atomic E-state index is -1.72. The number of hydrogen-bond acceptors (Lipinski definition) is 8. The number of rotatable bonds is 14. The summed E-state index contributed by atoms with van der Waals surface area (Å²) in [6.45, 7) is 0. The predicted molar refractivity (Wildman–Crippen MR) is 268 cm³/mol. The summed E-state index contributed by atoms with van der Waals surface area (Å²) >= 11 is 27.7. The number of fused-ring (bicyclic) bond motifs is 1. The third kappa shape index (κ3) is 9.55. The van der Waals surface area contributed by atoms with Gasteiger partial charge in [-0.2, -0.15) is 0 Å². The average Bonchev–Trinajstić information content (AvgIpc) is 3.63. The summed E-state index contributed by atoms with van der Waals surface area (Å²) in [6, 6.07) is 46.2. The molecular weight excluding hydrogens is 914 g/mol. The molecule has 8 rings (SSSR count). The second-order valence-corrected chi connectivity index (χ2v) is 17.3. The number of methoxy groups -OCH3 is 2. The molecule has 0 bridgehead atoms. The molecule has 0 N–H and O–H groups in total. The van der Waals surface area contributed by atoms with E-state index in [4.69, 9.17) is 70.1 Å². The highest BCUT2D eigenvalue weighted by Gasteiger charge is 2.48. The maximum atomic E-state index is 14.4. The molecule has 0 aliphatic carbocycles. The third-order valence-electron chi connectivity index (χ3n) is 11.2. The highest BCUT2D eigenvalue weighted by molar-refractivity contribution is 6.53. The van der Waals surface area contributed by atoms with Crippen LogP contribution >= 0.6 is 46.4 Å². The van der Waals surface area contributed by atoms with E-state index in [-0.39, 0.29) is 31.2 Å². The first-order chi connectivity index (χ1) is 31.8. The first kappa shape index (κ1) is 46.0. The summed E-state index contributed by atoms with van der Waals surface area (Å²) < 4.78 is 29.7. The molecule has 0 radical (unpaired) electrons. The van der Waals surface area contributed by atoms with Gasteiger partial charge in [0.05, 0.1) is 39.9 Å². The molecule has 7 aromatic rings. The Hall–Kier alpha value is -6.55. The van der Waals surface area contributed by atoms with Gasteiger partial charge in [0.15, 0.2) is 5.60 Å². The van der Waals surface area contributed by atoms with Crippen LogP contribution in [0, 0.1) is 0 Å². The van der Waals surface area contributed by atoms with Gasteiger partial charge in [-0.25, -0.2) is 4.79 Å². The van der Waals surface area contributed by atoms with Crippen molar-refractivity contribution in [2.75, 3.05) is 52.2 Å². The van der Waals surface area contributed by atoms with Crippen LogP contribution in [0.5, 0.6) is 34.5 Å². The number of carbonyl (C=O) groups is 1. The van der Waals surface area contributed by atoms with Gasteiger partial charge in [-0.05, 0) is 143 Å². The summed E-state index contributed by atoms with van der Waals surface area (Å²) in [5.41, 5.74) is 5.15. The largest absolute Gasteiger partial charge is 0.497 e. The Labute approximate surface area is 404 Å². The molecule has 0 saturated carbocycles. The van der Waals surface area contributed by atoms with Gasteiger partial charge in [0.25, 0.3) is 0 Å². The molecule has 7 aromatic carbocycles. The maximum absolute atomic E-state index is 14.4. The first-order valence-electron chi connectivity index (χ1n) is 20.7. The summed E-state index contributed by atoms with van der Waals surface area (Å²) in [5.74, 6) is 3.23. The van der Waals surface area contributed by atoms with Gasteiger partial charge < -0.3 is 33.5 Å². The molecule has 1 aliphatic heterocycles. The highest BCUT2D eigenvalue weighted by atomic mass is 35.5. The van der Waals surface area contributed by atoms with E-state index in [2.05, 4.69) is 0 Å². The fraction of sp³-hybridized carbons (Fsp3) is 0.130.